The monoisotopic (exact) mass is 263 g/mol. The molecule has 0 aromatic heterocycles. The highest BCUT2D eigenvalue weighted by molar-refractivity contribution is 5.77. The summed E-state index contributed by atoms with van der Waals surface area (Å²) in [5, 5.41) is 2.75. The Bertz CT molecular complexity index is 429. The van der Waals surface area contributed by atoms with E-state index < -0.39 is 0 Å². The van der Waals surface area contributed by atoms with Crippen molar-refractivity contribution in [2.75, 3.05) is 20.3 Å². The molecule has 0 heterocycles. The van der Waals surface area contributed by atoms with Gasteiger partial charge in [0.15, 0.2) is 18.1 Å². The minimum absolute atomic E-state index is 0.00281. The highest BCUT2D eigenvalue weighted by atomic mass is 16.5. The number of amides is 1. The molecule has 0 aliphatic rings. The Morgan fingerprint density at radius 2 is 2.21 bits per heavy atom. The molecule has 0 aliphatic heterocycles. The van der Waals surface area contributed by atoms with Gasteiger partial charge in [-0.1, -0.05) is 19.1 Å². The van der Waals surface area contributed by atoms with Crippen LogP contribution in [0.15, 0.2) is 30.9 Å². The normalized spacial score (nSPS) is 9.79. The van der Waals surface area contributed by atoms with E-state index in [1.165, 1.54) is 0 Å². The van der Waals surface area contributed by atoms with E-state index >= 15 is 0 Å². The molecule has 4 heteroatoms. The van der Waals surface area contributed by atoms with Crippen molar-refractivity contribution < 1.29 is 14.3 Å². The summed E-state index contributed by atoms with van der Waals surface area (Å²) in [7, 11) is 1.58. The molecule has 104 valence electrons. The third kappa shape index (κ3) is 5.04. The van der Waals surface area contributed by atoms with Crippen LogP contribution in [0.5, 0.6) is 11.5 Å². The number of hydrogen-bond donors (Lipinski definition) is 1. The van der Waals surface area contributed by atoms with E-state index in [-0.39, 0.29) is 12.5 Å². The molecule has 1 aromatic rings. The smallest absolute Gasteiger partial charge is 0.257 e. The Labute approximate surface area is 114 Å². The molecule has 0 unspecified atom stereocenters. The zero-order valence-corrected chi connectivity index (χ0v) is 11.6. The van der Waals surface area contributed by atoms with Gasteiger partial charge in [0.25, 0.3) is 5.91 Å². The molecule has 0 aliphatic carbocycles. The van der Waals surface area contributed by atoms with Gasteiger partial charge in [0.2, 0.25) is 0 Å². The minimum atomic E-state index is -0.126. The standard InChI is InChI=1S/C15H21NO3/c1-4-6-12-7-8-13(14(10-12)18-3)19-11-15(17)16-9-5-2/h4,7-8,10H,1,5-6,9,11H2,2-3H3,(H,16,17). The molecule has 1 aromatic carbocycles. The lowest BCUT2D eigenvalue weighted by Crippen LogP contribution is -2.29. The van der Waals surface area contributed by atoms with Gasteiger partial charge in [-0.25, -0.2) is 0 Å². The van der Waals surface area contributed by atoms with Gasteiger partial charge in [-0.2, -0.15) is 0 Å². The number of hydrogen-bond acceptors (Lipinski definition) is 3. The van der Waals surface area contributed by atoms with E-state index in [9.17, 15) is 4.79 Å². The van der Waals surface area contributed by atoms with Crippen molar-refractivity contribution in [3.05, 3.63) is 36.4 Å². The Morgan fingerprint density at radius 1 is 1.42 bits per heavy atom. The predicted octanol–water partition coefficient (Wildman–Crippen LogP) is 2.33. The van der Waals surface area contributed by atoms with Crippen LogP contribution >= 0.6 is 0 Å². The van der Waals surface area contributed by atoms with Crippen LogP contribution in [0.2, 0.25) is 0 Å². The number of nitrogens with one attached hydrogen (secondary N) is 1. The number of allylic oxidation sites excluding steroid dienone is 1. The van der Waals surface area contributed by atoms with Crippen molar-refractivity contribution in [1.82, 2.24) is 5.32 Å². The molecule has 19 heavy (non-hydrogen) atoms. The number of carbonyl (C=O) groups excluding carboxylic acids is 1. The van der Waals surface area contributed by atoms with Gasteiger partial charge in [0.05, 0.1) is 7.11 Å². The molecule has 0 atom stereocenters. The summed E-state index contributed by atoms with van der Waals surface area (Å²) < 4.78 is 10.7. The highest BCUT2D eigenvalue weighted by Gasteiger charge is 2.07. The van der Waals surface area contributed by atoms with E-state index in [1.807, 2.05) is 31.2 Å². The quantitative estimate of drug-likeness (QED) is 0.732. The van der Waals surface area contributed by atoms with Gasteiger partial charge in [-0.05, 0) is 30.5 Å². The van der Waals surface area contributed by atoms with Crippen molar-refractivity contribution in [1.29, 1.82) is 0 Å². The second-order valence-corrected chi connectivity index (χ2v) is 4.12. The fourth-order valence-corrected chi connectivity index (χ4v) is 1.58. The van der Waals surface area contributed by atoms with E-state index in [0.717, 1.165) is 18.4 Å². The topological polar surface area (TPSA) is 47.6 Å². The third-order valence-corrected chi connectivity index (χ3v) is 2.54. The molecule has 1 amide bonds. The van der Waals surface area contributed by atoms with Crippen LogP contribution in [0.4, 0.5) is 0 Å². The van der Waals surface area contributed by atoms with Gasteiger partial charge in [0.1, 0.15) is 0 Å². The van der Waals surface area contributed by atoms with Crippen molar-refractivity contribution in [2.45, 2.75) is 19.8 Å². The third-order valence-electron chi connectivity index (χ3n) is 2.54. The maximum atomic E-state index is 11.5. The maximum absolute atomic E-state index is 11.5. The summed E-state index contributed by atoms with van der Waals surface area (Å²) in [5.41, 5.74) is 1.09. The van der Waals surface area contributed by atoms with Crippen molar-refractivity contribution in [3.63, 3.8) is 0 Å². The van der Waals surface area contributed by atoms with Gasteiger partial charge in [-0.3, -0.25) is 4.79 Å². The Kier molecular flexibility index (Phi) is 6.50. The number of methoxy groups -OCH3 is 1. The molecule has 0 fully saturated rings. The molecule has 1 N–H and O–H groups in total. The molecule has 1 rings (SSSR count). The van der Waals surface area contributed by atoms with Crippen LogP contribution in [-0.4, -0.2) is 26.2 Å². The Balaban J connectivity index is 2.62. The van der Waals surface area contributed by atoms with Crippen molar-refractivity contribution >= 4 is 5.91 Å². The lowest BCUT2D eigenvalue weighted by molar-refractivity contribution is -0.123. The Morgan fingerprint density at radius 3 is 2.84 bits per heavy atom. The molecule has 0 radical (unpaired) electrons. The average Bonchev–Trinajstić information content (AvgIpc) is 2.43. The summed E-state index contributed by atoms with van der Waals surface area (Å²) in [5.74, 6) is 1.07. The predicted molar refractivity (Wildman–Crippen MR) is 75.7 cm³/mol. The first-order valence-electron chi connectivity index (χ1n) is 6.38. The number of rotatable bonds is 8. The summed E-state index contributed by atoms with van der Waals surface area (Å²) >= 11 is 0. The summed E-state index contributed by atoms with van der Waals surface area (Å²) in [6, 6.07) is 5.63. The summed E-state index contributed by atoms with van der Waals surface area (Å²) in [6.07, 6.45) is 3.51. The minimum Gasteiger partial charge on any atom is -0.493 e. The van der Waals surface area contributed by atoms with Crippen molar-refractivity contribution in [2.24, 2.45) is 0 Å². The lowest BCUT2D eigenvalue weighted by atomic mass is 10.1. The first-order chi connectivity index (χ1) is 9.21. The van der Waals surface area contributed by atoms with Crippen LogP contribution in [0.1, 0.15) is 18.9 Å². The molecular formula is C15H21NO3. The Hall–Kier alpha value is -1.97. The van der Waals surface area contributed by atoms with E-state index in [2.05, 4.69) is 11.9 Å². The SMILES string of the molecule is C=CCc1ccc(OCC(=O)NCCC)c(OC)c1. The lowest BCUT2D eigenvalue weighted by Gasteiger charge is -2.11. The van der Waals surface area contributed by atoms with Gasteiger partial charge < -0.3 is 14.8 Å². The second kappa shape index (κ2) is 8.19. The molecule has 0 bridgehead atoms. The fraction of sp³-hybridized carbons (Fsp3) is 0.400. The number of carbonyl (C=O) groups is 1. The van der Waals surface area contributed by atoms with Crippen LogP contribution in [-0.2, 0) is 11.2 Å². The van der Waals surface area contributed by atoms with Crippen LogP contribution in [0.3, 0.4) is 0 Å². The van der Waals surface area contributed by atoms with E-state index in [4.69, 9.17) is 9.47 Å². The molecule has 0 spiro atoms. The summed E-state index contributed by atoms with van der Waals surface area (Å²) in [4.78, 5) is 11.5. The fourth-order valence-electron chi connectivity index (χ4n) is 1.58. The first kappa shape index (κ1) is 15.1. The van der Waals surface area contributed by atoms with Gasteiger partial charge in [-0.15, -0.1) is 6.58 Å². The number of benzene rings is 1. The van der Waals surface area contributed by atoms with Crippen LogP contribution in [0.25, 0.3) is 0 Å². The average molecular weight is 263 g/mol. The van der Waals surface area contributed by atoms with Crippen molar-refractivity contribution in [3.8, 4) is 11.5 Å². The van der Waals surface area contributed by atoms with E-state index in [0.29, 0.717) is 18.0 Å². The summed E-state index contributed by atoms with van der Waals surface area (Å²) in [6.45, 7) is 6.36. The molecule has 4 nitrogen and oxygen atoms in total. The second-order valence-electron chi connectivity index (χ2n) is 4.12. The highest BCUT2D eigenvalue weighted by Crippen LogP contribution is 2.28. The van der Waals surface area contributed by atoms with E-state index in [1.54, 1.807) is 7.11 Å². The first-order valence-corrected chi connectivity index (χ1v) is 6.38. The number of ether oxygens (including phenoxy) is 2. The van der Waals surface area contributed by atoms with Gasteiger partial charge >= 0.3 is 0 Å². The molecular weight excluding hydrogens is 242 g/mol. The molecule has 0 saturated carbocycles. The molecule has 0 saturated heterocycles. The zero-order chi connectivity index (χ0) is 14.1. The van der Waals surface area contributed by atoms with Crippen LogP contribution < -0.4 is 14.8 Å². The van der Waals surface area contributed by atoms with Crippen LogP contribution in [0, 0.1) is 0 Å². The maximum Gasteiger partial charge on any atom is 0.257 e. The van der Waals surface area contributed by atoms with Gasteiger partial charge in [0, 0.05) is 6.54 Å². The zero-order valence-electron chi connectivity index (χ0n) is 11.6. The largest absolute Gasteiger partial charge is 0.493 e.